The van der Waals surface area contributed by atoms with Crippen LogP contribution in [0.1, 0.15) is 23.1 Å². The summed E-state index contributed by atoms with van der Waals surface area (Å²) in [5.41, 5.74) is 0.851. The number of pyridine rings is 1. The fourth-order valence-electron chi connectivity index (χ4n) is 1.47. The SMILES string of the molecule is CCc1cc(C(=O)O)nn1-c1ccc(Br)cn1. The van der Waals surface area contributed by atoms with E-state index >= 15 is 0 Å². The number of hydrogen-bond acceptors (Lipinski definition) is 3. The number of rotatable bonds is 3. The Kier molecular flexibility index (Phi) is 3.23. The van der Waals surface area contributed by atoms with Crippen molar-refractivity contribution in [2.24, 2.45) is 0 Å². The zero-order valence-electron chi connectivity index (χ0n) is 9.09. The Morgan fingerprint density at radius 2 is 2.29 bits per heavy atom. The third kappa shape index (κ3) is 2.36. The first-order valence-electron chi connectivity index (χ1n) is 5.06. The minimum absolute atomic E-state index is 0.0339. The average Bonchev–Trinajstić information content (AvgIpc) is 2.74. The average molecular weight is 296 g/mol. The van der Waals surface area contributed by atoms with Gasteiger partial charge in [-0.15, -0.1) is 0 Å². The molecule has 0 aliphatic rings. The van der Waals surface area contributed by atoms with Crippen LogP contribution in [0.15, 0.2) is 28.9 Å². The van der Waals surface area contributed by atoms with Gasteiger partial charge in [-0.3, -0.25) is 0 Å². The lowest BCUT2D eigenvalue weighted by Crippen LogP contribution is -2.05. The van der Waals surface area contributed by atoms with Gasteiger partial charge in [0, 0.05) is 16.4 Å². The van der Waals surface area contributed by atoms with Crippen LogP contribution in [0.2, 0.25) is 0 Å². The van der Waals surface area contributed by atoms with E-state index in [0.29, 0.717) is 12.2 Å². The highest BCUT2D eigenvalue weighted by Crippen LogP contribution is 2.14. The van der Waals surface area contributed by atoms with Gasteiger partial charge in [0.25, 0.3) is 0 Å². The van der Waals surface area contributed by atoms with Crippen molar-refractivity contribution in [3.63, 3.8) is 0 Å². The summed E-state index contributed by atoms with van der Waals surface area (Å²) in [6, 6.07) is 5.18. The summed E-state index contributed by atoms with van der Waals surface area (Å²) in [4.78, 5) is 15.1. The van der Waals surface area contributed by atoms with E-state index in [0.717, 1.165) is 10.2 Å². The standard InChI is InChI=1S/C11H10BrN3O2/c1-2-8-5-9(11(16)17)14-15(8)10-4-3-7(12)6-13-10/h3-6H,2H2,1H3,(H,16,17). The molecule has 0 amide bonds. The molecule has 5 nitrogen and oxygen atoms in total. The smallest absolute Gasteiger partial charge is 0.356 e. The minimum atomic E-state index is -1.03. The van der Waals surface area contributed by atoms with Gasteiger partial charge in [0.2, 0.25) is 0 Å². The topological polar surface area (TPSA) is 68.0 Å². The van der Waals surface area contributed by atoms with Gasteiger partial charge in [0.1, 0.15) is 0 Å². The molecule has 2 aromatic rings. The Hall–Kier alpha value is -1.69. The Morgan fingerprint density at radius 1 is 1.53 bits per heavy atom. The van der Waals surface area contributed by atoms with Crippen molar-refractivity contribution in [2.75, 3.05) is 0 Å². The van der Waals surface area contributed by atoms with Gasteiger partial charge in [0.15, 0.2) is 11.5 Å². The molecule has 6 heteroatoms. The number of carboxylic acids is 1. The Bertz CT molecular complexity index is 548. The lowest BCUT2D eigenvalue weighted by molar-refractivity contribution is 0.0690. The number of hydrogen-bond donors (Lipinski definition) is 1. The first-order valence-corrected chi connectivity index (χ1v) is 5.85. The molecule has 0 bridgehead atoms. The van der Waals surface area contributed by atoms with Gasteiger partial charge >= 0.3 is 5.97 Å². The Morgan fingerprint density at radius 3 is 2.82 bits per heavy atom. The van der Waals surface area contributed by atoms with Crippen LogP contribution in [0, 0.1) is 0 Å². The van der Waals surface area contributed by atoms with Crippen molar-refractivity contribution in [1.82, 2.24) is 14.8 Å². The molecule has 0 aromatic carbocycles. The van der Waals surface area contributed by atoms with Crippen molar-refractivity contribution in [3.05, 3.63) is 40.3 Å². The van der Waals surface area contributed by atoms with Gasteiger partial charge in [-0.2, -0.15) is 5.10 Å². The molecule has 0 spiro atoms. The predicted molar refractivity (Wildman–Crippen MR) is 65.4 cm³/mol. The van der Waals surface area contributed by atoms with Gasteiger partial charge in [-0.1, -0.05) is 6.92 Å². The summed E-state index contributed by atoms with van der Waals surface area (Å²) in [6.45, 7) is 1.94. The predicted octanol–water partition coefficient (Wildman–Crippen LogP) is 2.29. The highest BCUT2D eigenvalue weighted by molar-refractivity contribution is 9.10. The Balaban J connectivity index is 2.50. The molecule has 0 aliphatic heterocycles. The molecule has 2 rings (SSSR count). The molecule has 88 valence electrons. The van der Waals surface area contributed by atoms with Crippen LogP contribution in [0.25, 0.3) is 5.82 Å². The maximum atomic E-state index is 10.9. The van der Waals surface area contributed by atoms with Gasteiger partial charge < -0.3 is 5.11 Å². The summed E-state index contributed by atoms with van der Waals surface area (Å²) in [7, 11) is 0. The minimum Gasteiger partial charge on any atom is -0.476 e. The molecule has 0 aliphatic carbocycles. The normalized spacial score (nSPS) is 10.5. The quantitative estimate of drug-likeness (QED) is 0.943. The molecule has 2 heterocycles. The highest BCUT2D eigenvalue weighted by Gasteiger charge is 2.13. The van der Waals surface area contributed by atoms with Gasteiger partial charge in [-0.25, -0.2) is 14.5 Å². The third-order valence-corrected chi connectivity index (χ3v) is 2.76. The van der Waals surface area contributed by atoms with Crippen molar-refractivity contribution in [3.8, 4) is 5.82 Å². The summed E-state index contributed by atoms with van der Waals surface area (Å²) >= 11 is 3.30. The first kappa shape index (κ1) is 11.8. The van der Waals surface area contributed by atoms with E-state index in [1.54, 1.807) is 23.0 Å². The zero-order chi connectivity index (χ0) is 12.4. The molecule has 0 fully saturated rings. The first-order chi connectivity index (χ1) is 8.11. The van der Waals surface area contributed by atoms with Crippen molar-refractivity contribution in [2.45, 2.75) is 13.3 Å². The highest BCUT2D eigenvalue weighted by atomic mass is 79.9. The molecule has 0 atom stereocenters. The monoisotopic (exact) mass is 295 g/mol. The summed E-state index contributed by atoms with van der Waals surface area (Å²) < 4.78 is 2.42. The summed E-state index contributed by atoms with van der Waals surface area (Å²) in [5.74, 6) is -0.423. The van der Waals surface area contributed by atoms with Crippen LogP contribution < -0.4 is 0 Å². The fraction of sp³-hybridized carbons (Fsp3) is 0.182. The second kappa shape index (κ2) is 4.67. The molecule has 2 aromatic heterocycles. The lowest BCUT2D eigenvalue weighted by atomic mass is 10.3. The van der Waals surface area contributed by atoms with Gasteiger partial charge in [-0.05, 0) is 40.5 Å². The van der Waals surface area contributed by atoms with E-state index < -0.39 is 5.97 Å². The van der Waals surface area contributed by atoms with E-state index in [1.807, 2.05) is 13.0 Å². The van der Waals surface area contributed by atoms with Crippen LogP contribution in [-0.2, 0) is 6.42 Å². The van der Waals surface area contributed by atoms with Crippen LogP contribution in [0.5, 0.6) is 0 Å². The molecule has 17 heavy (non-hydrogen) atoms. The van der Waals surface area contributed by atoms with Crippen LogP contribution in [-0.4, -0.2) is 25.8 Å². The molecule has 0 saturated heterocycles. The van der Waals surface area contributed by atoms with E-state index in [9.17, 15) is 4.79 Å². The van der Waals surface area contributed by atoms with E-state index in [1.165, 1.54) is 0 Å². The van der Waals surface area contributed by atoms with Gasteiger partial charge in [0.05, 0.1) is 0 Å². The number of halogens is 1. The van der Waals surface area contributed by atoms with Crippen LogP contribution in [0.4, 0.5) is 0 Å². The number of carboxylic acid groups (broad SMARTS) is 1. The molecular weight excluding hydrogens is 286 g/mol. The summed E-state index contributed by atoms with van der Waals surface area (Å²) in [6.07, 6.45) is 2.34. The van der Waals surface area contributed by atoms with Crippen LogP contribution >= 0.6 is 15.9 Å². The molecule has 0 saturated carbocycles. The third-order valence-electron chi connectivity index (χ3n) is 2.29. The lowest BCUT2D eigenvalue weighted by Gasteiger charge is -2.03. The number of aromatic carboxylic acids is 1. The van der Waals surface area contributed by atoms with Crippen molar-refractivity contribution < 1.29 is 9.90 Å². The molecular formula is C11H10BrN3O2. The molecule has 0 radical (unpaired) electrons. The molecule has 1 N–H and O–H groups in total. The van der Waals surface area contributed by atoms with E-state index in [2.05, 4.69) is 26.0 Å². The number of carbonyl (C=O) groups is 1. The van der Waals surface area contributed by atoms with Crippen molar-refractivity contribution in [1.29, 1.82) is 0 Å². The Labute approximate surface area is 106 Å². The maximum absolute atomic E-state index is 10.9. The maximum Gasteiger partial charge on any atom is 0.356 e. The van der Waals surface area contributed by atoms with E-state index in [4.69, 9.17) is 5.11 Å². The second-order valence-electron chi connectivity index (χ2n) is 3.43. The van der Waals surface area contributed by atoms with E-state index in [-0.39, 0.29) is 5.69 Å². The van der Waals surface area contributed by atoms with Crippen molar-refractivity contribution >= 4 is 21.9 Å². The second-order valence-corrected chi connectivity index (χ2v) is 4.34. The fourth-order valence-corrected chi connectivity index (χ4v) is 1.70. The largest absolute Gasteiger partial charge is 0.476 e. The molecule has 0 unspecified atom stereocenters. The summed E-state index contributed by atoms with van der Waals surface area (Å²) in [5, 5.41) is 12.9. The number of aryl methyl sites for hydroxylation is 1. The van der Waals surface area contributed by atoms with Crippen LogP contribution in [0.3, 0.4) is 0 Å². The zero-order valence-corrected chi connectivity index (χ0v) is 10.7. The number of aromatic nitrogens is 3. The number of nitrogens with zero attached hydrogens (tertiary/aromatic N) is 3.